The van der Waals surface area contributed by atoms with Crippen LogP contribution < -0.4 is 20.7 Å². The topological polar surface area (TPSA) is 67.6 Å². The second kappa shape index (κ2) is 8.99. The summed E-state index contributed by atoms with van der Waals surface area (Å²) in [6, 6.07) is 7.84. The van der Waals surface area contributed by atoms with Crippen LogP contribution in [0.25, 0.3) is 0 Å². The quantitative estimate of drug-likeness (QED) is 0.861. The van der Waals surface area contributed by atoms with E-state index < -0.39 is 6.04 Å². The molecule has 1 saturated heterocycles. The number of nitrogens with zero attached hydrogens (tertiary/aromatic N) is 1. The summed E-state index contributed by atoms with van der Waals surface area (Å²) in [4.78, 5) is 14.3. The third-order valence-electron chi connectivity index (χ3n) is 4.29. The van der Waals surface area contributed by atoms with Gasteiger partial charge in [-0.05, 0) is 30.9 Å². The van der Waals surface area contributed by atoms with E-state index in [4.69, 9.17) is 10.5 Å². The highest BCUT2D eigenvalue weighted by atomic mass is 35.5. The Morgan fingerprint density at radius 2 is 1.91 bits per heavy atom. The van der Waals surface area contributed by atoms with Gasteiger partial charge in [-0.1, -0.05) is 26.0 Å². The number of anilines is 1. The Bertz CT molecular complexity index is 502. The Labute approximate surface area is 145 Å². The van der Waals surface area contributed by atoms with Gasteiger partial charge in [-0.15, -0.1) is 12.4 Å². The minimum atomic E-state index is -0.424. The summed E-state index contributed by atoms with van der Waals surface area (Å²) >= 11 is 0. The molecule has 0 spiro atoms. The maximum absolute atomic E-state index is 12.0. The van der Waals surface area contributed by atoms with Crippen molar-refractivity contribution >= 4 is 24.0 Å². The van der Waals surface area contributed by atoms with Crippen molar-refractivity contribution in [3.8, 4) is 5.75 Å². The minimum Gasteiger partial charge on any atom is -0.495 e. The average Bonchev–Trinajstić information content (AvgIpc) is 2.54. The number of halogens is 1. The van der Waals surface area contributed by atoms with Gasteiger partial charge in [0.05, 0.1) is 18.8 Å². The van der Waals surface area contributed by atoms with Crippen LogP contribution in [0.15, 0.2) is 24.3 Å². The lowest BCUT2D eigenvalue weighted by Crippen LogP contribution is -2.51. The second-order valence-corrected chi connectivity index (χ2v) is 6.21. The molecule has 1 aromatic rings. The molecule has 0 unspecified atom stereocenters. The molecule has 3 N–H and O–H groups in total. The van der Waals surface area contributed by atoms with E-state index in [0.29, 0.717) is 0 Å². The Kier molecular flexibility index (Phi) is 7.65. The number of carbonyl (C=O) groups excluding carboxylic acids is 1. The van der Waals surface area contributed by atoms with E-state index in [1.807, 2.05) is 32.0 Å². The van der Waals surface area contributed by atoms with Crippen LogP contribution in [0.5, 0.6) is 5.75 Å². The molecule has 0 radical (unpaired) electrons. The van der Waals surface area contributed by atoms with Crippen LogP contribution in [0.2, 0.25) is 0 Å². The Balaban J connectivity index is 0.00000264. The third kappa shape index (κ3) is 5.01. The van der Waals surface area contributed by atoms with Gasteiger partial charge >= 0.3 is 0 Å². The molecule has 1 aromatic carbocycles. The number of rotatable bonds is 5. The van der Waals surface area contributed by atoms with E-state index in [-0.39, 0.29) is 30.3 Å². The van der Waals surface area contributed by atoms with Crippen LogP contribution >= 0.6 is 12.4 Å². The highest BCUT2D eigenvalue weighted by molar-refractivity contribution is 5.85. The summed E-state index contributed by atoms with van der Waals surface area (Å²) in [5, 5.41) is 3.08. The van der Waals surface area contributed by atoms with Crippen molar-refractivity contribution in [1.29, 1.82) is 0 Å². The first-order valence-electron chi connectivity index (χ1n) is 7.97. The van der Waals surface area contributed by atoms with Crippen molar-refractivity contribution in [2.45, 2.75) is 38.8 Å². The number of hydrogen-bond acceptors (Lipinski definition) is 4. The van der Waals surface area contributed by atoms with E-state index in [1.165, 1.54) is 0 Å². The van der Waals surface area contributed by atoms with Crippen LogP contribution in [0.1, 0.15) is 26.7 Å². The highest BCUT2D eigenvalue weighted by Gasteiger charge is 2.25. The fourth-order valence-corrected chi connectivity index (χ4v) is 2.76. The number of nitrogens with one attached hydrogen (secondary N) is 1. The van der Waals surface area contributed by atoms with Crippen LogP contribution in [-0.2, 0) is 4.79 Å². The lowest BCUT2D eigenvalue weighted by molar-refractivity contribution is -0.124. The van der Waals surface area contributed by atoms with Crippen molar-refractivity contribution in [2.75, 3.05) is 25.1 Å². The molecule has 23 heavy (non-hydrogen) atoms. The molecule has 130 valence electrons. The van der Waals surface area contributed by atoms with Crippen molar-refractivity contribution in [2.24, 2.45) is 11.7 Å². The van der Waals surface area contributed by atoms with Crippen LogP contribution in [0.4, 0.5) is 5.69 Å². The second-order valence-electron chi connectivity index (χ2n) is 6.21. The Hall–Kier alpha value is -1.46. The van der Waals surface area contributed by atoms with Crippen LogP contribution in [0, 0.1) is 5.92 Å². The van der Waals surface area contributed by atoms with Crippen molar-refractivity contribution in [3.63, 3.8) is 0 Å². The van der Waals surface area contributed by atoms with E-state index in [9.17, 15) is 4.79 Å². The summed E-state index contributed by atoms with van der Waals surface area (Å²) < 4.78 is 5.42. The van der Waals surface area contributed by atoms with Gasteiger partial charge in [0.15, 0.2) is 0 Å². The third-order valence-corrected chi connectivity index (χ3v) is 4.29. The molecule has 0 saturated carbocycles. The van der Waals surface area contributed by atoms with Gasteiger partial charge in [0, 0.05) is 19.1 Å². The number of carbonyl (C=O) groups is 1. The fraction of sp³-hybridized carbons (Fsp3) is 0.588. The summed E-state index contributed by atoms with van der Waals surface area (Å²) in [7, 11) is 1.69. The van der Waals surface area contributed by atoms with Gasteiger partial charge < -0.3 is 20.7 Å². The van der Waals surface area contributed by atoms with E-state index >= 15 is 0 Å². The zero-order valence-electron chi connectivity index (χ0n) is 14.1. The lowest BCUT2D eigenvalue weighted by Gasteiger charge is -2.35. The van der Waals surface area contributed by atoms with Gasteiger partial charge in [0.1, 0.15) is 5.75 Å². The number of amides is 1. The van der Waals surface area contributed by atoms with Gasteiger partial charge in [-0.25, -0.2) is 0 Å². The SMILES string of the molecule is COc1ccccc1N1CCC(NC(=O)[C@@H](N)C(C)C)CC1.Cl. The molecule has 0 aliphatic carbocycles. The van der Waals surface area contributed by atoms with Crippen molar-refractivity contribution in [3.05, 3.63) is 24.3 Å². The Morgan fingerprint density at radius 3 is 2.48 bits per heavy atom. The molecule has 1 aliphatic rings. The van der Waals surface area contributed by atoms with E-state index in [1.54, 1.807) is 7.11 Å². The number of nitrogens with two attached hydrogens (primary N) is 1. The predicted octanol–water partition coefficient (Wildman–Crippen LogP) is 2.19. The molecule has 6 heteroatoms. The number of para-hydroxylation sites is 2. The van der Waals surface area contributed by atoms with Gasteiger partial charge in [0.2, 0.25) is 5.91 Å². The molecule has 1 atom stereocenters. The molecule has 1 heterocycles. The fourth-order valence-electron chi connectivity index (χ4n) is 2.76. The van der Waals surface area contributed by atoms with Gasteiger partial charge in [-0.2, -0.15) is 0 Å². The standard InChI is InChI=1S/C17H27N3O2.ClH/c1-12(2)16(18)17(21)19-13-8-10-20(11-9-13)14-6-4-5-7-15(14)22-3;/h4-7,12-13,16H,8-11,18H2,1-3H3,(H,19,21);1H/t16-;/m0./s1. The number of methoxy groups -OCH3 is 1. The number of hydrogen-bond donors (Lipinski definition) is 2. The van der Waals surface area contributed by atoms with Crippen LogP contribution in [-0.4, -0.2) is 38.2 Å². The highest BCUT2D eigenvalue weighted by Crippen LogP contribution is 2.29. The molecule has 1 aliphatic heterocycles. The molecule has 1 fully saturated rings. The molecule has 2 rings (SSSR count). The zero-order chi connectivity index (χ0) is 16.1. The zero-order valence-corrected chi connectivity index (χ0v) is 14.9. The maximum Gasteiger partial charge on any atom is 0.237 e. The summed E-state index contributed by atoms with van der Waals surface area (Å²) in [6.07, 6.45) is 1.85. The first-order chi connectivity index (χ1) is 10.5. The number of benzene rings is 1. The first kappa shape index (κ1) is 19.6. The minimum absolute atomic E-state index is 0. The average molecular weight is 342 g/mol. The normalized spacial score (nSPS) is 16.7. The Morgan fingerprint density at radius 1 is 1.30 bits per heavy atom. The van der Waals surface area contributed by atoms with Crippen molar-refractivity contribution in [1.82, 2.24) is 5.32 Å². The molecule has 1 amide bonds. The molecule has 0 aromatic heterocycles. The first-order valence-corrected chi connectivity index (χ1v) is 7.97. The number of ether oxygens (including phenoxy) is 1. The maximum atomic E-state index is 12.0. The molecular formula is C17H28ClN3O2. The number of piperidine rings is 1. The molecule has 0 bridgehead atoms. The molecule has 5 nitrogen and oxygen atoms in total. The van der Waals surface area contributed by atoms with Crippen molar-refractivity contribution < 1.29 is 9.53 Å². The lowest BCUT2D eigenvalue weighted by atomic mass is 10.0. The smallest absolute Gasteiger partial charge is 0.237 e. The molecular weight excluding hydrogens is 314 g/mol. The summed E-state index contributed by atoms with van der Waals surface area (Å²) in [6.45, 7) is 5.74. The van der Waals surface area contributed by atoms with Gasteiger partial charge in [0.25, 0.3) is 0 Å². The predicted molar refractivity (Wildman–Crippen MR) is 96.4 cm³/mol. The van der Waals surface area contributed by atoms with Gasteiger partial charge in [-0.3, -0.25) is 4.79 Å². The summed E-state index contributed by atoms with van der Waals surface area (Å²) in [5.41, 5.74) is 7.01. The van der Waals surface area contributed by atoms with E-state index in [0.717, 1.165) is 37.4 Å². The summed E-state index contributed by atoms with van der Waals surface area (Å²) in [5.74, 6) is 1.02. The largest absolute Gasteiger partial charge is 0.495 e. The monoisotopic (exact) mass is 341 g/mol. The van der Waals surface area contributed by atoms with E-state index in [2.05, 4.69) is 16.3 Å². The van der Waals surface area contributed by atoms with Crippen LogP contribution in [0.3, 0.4) is 0 Å².